The van der Waals surface area contributed by atoms with Gasteiger partial charge in [-0.05, 0) is 84.5 Å². The lowest BCUT2D eigenvalue weighted by atomic mass is 9.34. The van der Waals surface area contributed by atoms with Gasteiger partial charge in [-0.15, -0.1) is 0 Å². The molecule has 0 radical (unpaired) electrons. The highest BCUT2D eigenvalue weighted by atomic mass is 16.4. The van der Waals surface area contributed by atoms with Crippen molar-refractivity contribution in [3.8, 4) is 0 Å². The summed E-state index contributed by atoms with van der Waals surface area (Å²) in [6.07, 6.45) is 10.2. The lowest BCUT2D eigenvalue weighted by Gasteiger charge is -2.69. The summed E-state index contributed by atoms with van der Waals surface area (Å²) in [5, 5.41) is 9.92. The number of allylic oxidation sites excluding steroid dienone is 4. The van der Waals surface area contributed by atoms with E-state index in [0.29, 0.717) is 0 Å². The van der Waals surface area contributed by atoms with Crippen LogP contribution >= 0.6 is 0 Å². The van der Waals surface area contributed by atoms with Crippen LogP contribution in [0, 0.1) is 56.8 Å². The van der Waals surface area contributed by atoms with Crippen molar-refractivity contribution in [2.24, 2.45) is 50.2 Å². The second-order valence-electron chi connectivity index (χ2n) is 15.2. The first-order chi connectivity index (χ1) is 17.0. The lowest BCUT2D eigenvalue weighted by molar-refractivity contribution is -0.177. The number of Topliss-reactive ketones (excluding diaryl/α,β-unsaturated/α-hetero) is 1. The molecule has 0 spiro atoms. The minimum absolute atomic E-state index is 0.0357. The molecule has 0 bridgehead atoms. The number of hydrogen-bond donors (Lipinski definition) is 1. The molecule has 0 amide bonds. The molecule has 0 aliphatic heterocycles. The summed E-state index contributed by atoms with van der Waals surface area (Å²) in [5.41, 5.74) is -0.679. The number of rotatable bonds is 2. The summed E-state index contributed by atoms with van der Waals surface area (Å²) < 4.78 is 0. The first-order valence-corrected chi connectivity index (χ1v) is 14.1. The number of hydrogen-bond acceptors (Lipinski definition) is 3. The Balaban J connectivity index is 1.69. The molecule has 0 heterocycles. The van der Waals surface area contributed by atoms with E-state index >= 15 is 0 Å². The van der Waals surface area contributed by atoms with Gasteiger partial charge in [-0.1, -0.05) is 60.1 Å². The third-order valence-electron chi connectivity index (χ3n) is 12.5. The van der Waals surface area contributed by atoms with Crippen molar-refractivity contribution in [1.29, 1.82) is 0 Å². The fraction of sp³-hybridized carbons (Fsp3) is 0.750. The van der Waals surface area contributed by atoms with Gasteiger partial charge in [0, 0.05) is 16.7 Å². The summed E-state index contributed by atoms with van der Waals surface area (Å²) >= 11 is 0. The smallest absolute Gasteiger partial charge is 0.303 e. The van der Waals surface area contributed by atoms with Gasteiger partial charge >= 0.3 is 5.97 Å². The summed E-state index contributed by atoms with van der Waals surface area (Å²) in [5.74, 6) is -0.803. The standard InChI is InChI=1S/C32H43NO4/c1-27(2)11-13-32(18-24(35)36)14-12-31(7)25(19(32)16-27)21(34)15-23-29(5)17-20(33-8)26(37)28(3,4)22(29)9-10-30(23,31)6/h15,17,19,22,25H,9-14,16,18H2,1-7H3,(H,35,36)/t19-,22-,25-,29-,30+,31+,32+/m0/s1. The Labute approximate surface area is 222 Å². The molecule has 5 aliphatic rings. The second kappa shape index (κ2) is 7.67. The van der Waals surface area contributed by atoms with Crippen molar-refractivity contribution >= 4 is 17.5 Å². The predicted molar refractivity (Wildman–Crippen MR) is 142 cm³/mol. The minimum atomic E-state index is -0.752. The van der Waals surface area contributed by atoms with Gasteiger partial charge in [0.15, 0.2) is 11.6 Å². The Bertz CT molecular complexity index is 1200. The van der Waals surface area contributed by atoms with Crippen molar-refractivity contribution in [3.05, 3.63) is 34.8 Å². The van der Waals surface area contributed by atoms with Crippen LogP contribution in [0.1, 0.15) is 99.8 Å². The third kappa shape index (κ3) is 3.29. The summed E-state index contributed by atoms with van der Waals surface area (Å²) in [6, 6.07) is 0. The molecule has 0 unspecified atom stereocenters. The highest BCUT2D eigenvalue weighted by molar-refractivity contribution is 6.03. The number of aliphatic carboxylic acids is 1. The maximum absolute atomic E-state index is 14.3. The molecule has 0 aromatic rings. The maximum Gasteiger partial charge on any atom is 0.303 e. The van der Waals surface area contributed by atoms with E-state index in [9.17, 15) is 19.5 Å². The van der Waals surface area contributed by atoms with Crippen molar-refractivity contribution in [2.45, 2.75) is 99.8 Å². The molecule has 3 saturated carbocycles. The minimum Gasteiger partial charge on any atom is -0.481 e. The van der Waals surface area contributed by atoms with Crippen LogP contribution in [0.3, 0.4) is 0 Å². The van der Waals surface area contributed by atoms with Crippen LogP contribution in [0.2, 0.25) is 0 Å². The first-order valence-electron chi connectivity index (χ1n) is 14.1. The van der Waals surface area contributed by atoms with E-state index in [1.54, 1.807) is 0 Å². The quantitative estimate of drug-likeness (QED) is 0.409. The second-order valence-corrected chi connectivity index (χ2v) is 15.2. The molecule has 0 aromatic carbocycles. The number of ketones is 2. The molecule has 0 aromatic heterocycles. The van der Waals surface area contributed by atoms with Gasteiger partial charge < -0.3 is 9.90 Å². The van der Waals surface area contributed by atoms with Gasteiger partial charge in [-0.3, -0.25) is 9.59 Å². The van der Waals surface area contributed by atoms with Gasteiger partial charge in [-0.25, -0.2) is 4.85 Å². The van der Waals surface area contributed by atoms with Gasteiger partial charge in [-0.2, -0.15) is 0 Å². The van der Waals surface area contributed by atoms with Gasteiger partial charge in [0.05, 0.1) is 13.0 Å². The van der Waals surface area contributed by atoms with Crippen LogP contribution in [0.25, 0.3) is 4.85 Å². The number of carbonyl (C=O) groups is 3. The van der Waals surface area contributed by atoms with E-state index in [1.165, 1.54) is 0 Å². The van der Waals surface area contributed by atoms with Crippen molar-refractivity contribution < 1.29 is 19.5 Å². The number of carbonyl (C=O) groups excluding carboxylic acids is 2. The molecule has 0 saturated heterocycles. The molecular formula is C32H43NO4. The summed E-state index contributed by atoms with van der Waals surface area (Å²) in [7, 11) is 0. The first kappa shape index (κ1) is 26.4. The largest absolute Gasteiger partial charge is 0.481 e. The molecular weight excluding hydrogens is 462 g/mol. The Kier molecular flexibility index (Phi) is 5.47. The fourth-order valence-electron chi connectivity index (χ4n) is 10.3. The van der Waals surface area contributed by atoms with Crippen molar-refractivity contribution in [3.63, 3.8) is 0 Å². The molecule has 7 atom stereocenters. The van der Waals surface area contributed by atoms with E-state index in [2.05, 4.69) is 39.5 Å². The Morgan fingerprint density at radius 2 is 1.68 bits per heavy atom. The summed E-state index contributed by atoms with van der Waals surface area (Å²) in [6.45, 7) is 23.0. The zero-order valence-corrected chi connectivity index (χ0v) is 23.7. The highest BCUT2D eigenvalue weighted by Gasteiger charge is 2.69. The SMILES string of the molecule is [C-]#[N+]C1=C[C@]2(C)C3=CC(=O)[C@@H]4[C@@H]5CC(C)(C)CC[C@]5(CC(=O)O)CC[C@@]4(C)[C@]3(C)CC[C@H]2C(C)(C)C1=O. The van der Waals surface area contributed by atoms with E-state index in [0.717, 1.165) is 50.5 Å². The van der Waals surface area contributed by atoms with E-state index in [-0.39, 0.29) is 63.1 Å². The Morgan fingerprint density at radius 1 is 1.03 bits per heavy atom. The average molecular weight is 506 g/mol. The number of carboxylic acids is 1. The molecule has 200 valence electrons. The molecule has 5 aliphatic carbocycles. The average Bonchev–Trinajstić information content (AvgIpc) is 2.78. The van der Waals surface area contributed by atoms with Crippen LogP contribution in [-0.4, -0.2) is 22.6 Å². The molecule has 5 heteroatoms. The Morgan fingerprint density at radius 3 is 2.30 bits per heavy atom. The number of nitrogens with zero attached hydrogens (tertiary/aromatic N) is 1. The monoisotopic (exact) mass is 505 g/mol. The molecule has 3 fully saturated rings. The van der Waals surface area contributed by atoms with E-state index < -0.39 is 16.8 Å². The molecule has 5 rings (SSSR count). The van der Waals surface area contributed by atoms with Crippen LogP contribution in [0.4, 0.5) is 0 Å². The topological polar surface area (TPSA) is 75.8 Å². The third-order valence-corrected chi connectivity index (χ3v) is 12.5. The fourth-order valence-corrected chi connectivity index (χ4v) is 10.3. The van der Waals surface area contributed by atoms with Crippen LogP contribution in [0.5, 0.6) is 0 Å². The normalized spacial score (nSPS) is 45.7. The zero-order valence-electron chi connectivity index (χ0n) is 23.7. The zero-order chi connectivity index (χ0) is 27.4. The highest BCUT2D eigenvalue weighted by Crippen LogP contribution is 2.74. The molecule has 1 N–H and O–H groups in total. The van der Waals surface area contributed by atoms with Crippen LogP contribution < -0.4 is 0 Å². The van der Waals surface area contributed by atoms with Crippen LogP contribution in [0.15, 0.2) is 23.4 Å². The maximum atomic E-state index is 14.3. The summed E-state index contributed by atoms with van der Waals surface area (Å²) in [4.78, 5) is 43.3. The molecule has 5 nitrogen and oxygen atoms in total. The van der Waals surface area contributed by atoms with Crippen molar-refractivity contribution in [1.82, 2.24) is 0 Å². The van der Waals surface area contributed by atoms with Crippen molar-refractivity contribution in [2.75, 3.05) is 0 Å². The van der Waals surface area contributed by atoms with Gasteiger partial charge in [0.1, 0.15) is 0 Å². The molecule has 37 heavy (non-hydrogen) atoms. The Hall–Kier alpha value is -2.22. The number of carboxylic acid groups (broad SMARTS) is 1. The van der Waals surface area contributed by atoms with Gasteiger partial charge in [0.25, 0.3) is 0 Å². The van der Waals surface area contributed by atoms with E-state index in [1.807, 2.05) is 26.0 Å². The predicted octanol–water partition coefficient (Wildman–Crippen LogP) is 7.03. The number of fused-ring (bicyclic) bond motifs is 7. The van der Waals surface area contributed by atoms with E-state index in [4.69, 9.17) is 6.57 Å². The van der Waals surface area contributed by atoms with Gasteiger partial charge in [0.2, 0.25) is 5.70 Å². The van der Waals surface area contributed by atoms with Crippen LogP contribution in [-0.2, 0) is 14.4 Å². The lowest BCUT2D eigenvalue weighted by Crippen LogP contribution is -2.65.